The first-order valence-electron chi connectivity index (χ1n) is 8.58. The Morgan fingerprint density at radius 1 is 1.04 bits per heavy atom. The molecule has 26 heavy (non-hydrogen) atoms. The van der Waals surface area contributed by atoms with Crippen molar-refractivity contribution in [3.8, 4) is 0 Å². The average molecular weight is 391 g/mol. The highest BCUT2D eigenvalue weighted by Crippen LogP contribution is 2.01. The first kappa shape index (κ1) is 24.4. The summed E-state index contributed by atoms with van der Waals surface area (Å²) in [6.45, 7) is 3.05. The second-order valence-corrected chi connectivity index (χ2v) is 6.47. The number of rotatable bonds is 15. The molecule has 10 heteroatoms. The van der Waals surface area contributed by atoms with Gasteiger partial charge in [-0.05, 0) is 0 Å². The van der Waals surface area contributed by atoms with Gasteiger partial charge in [0.05, 0.1) is 25.0 Å². The van der Waals surface area contributed by atoms with Gasteiger partial charge in [0.2, 0.25) is 17.7 Å². The van der Waals surface area contributed by atoms with Crippen molar-refractivity contribution in [1.82, 2.24) is 16.0 Å². The van der Waals surface area contributed by atoms with Crippen LogP contribution in [-0.4, -0.2) is 74.4 Å². The molecule has 0 heterocycles. The lowest BCUT2D eigenvalue weighted by Crippen LogP contribution is -2.43. The zero-order valence-electron chi connectivity index (χ0n) is 15.5. The molecular weight excluding hydrogens is 360 g/mol. The van der Waals surface area contributed by atoms with Crippen LogP contribution in [0.4, 0.5) is 0 Å². The van der Waals surface area contributed by atoms with Crippen molar-refractivity contribution in [1.29, 1.82) is 0 Å². The fourth-order valence-electron chi connectivity index (χ4n) is 1.69. The summed E-state index contributed by atoms with van der Waals surface area (Å²) in [6.07, 6.45) is 1.11. The SMILES string of the molecule is CCC(=O)CCOCCNC(=O)[C@@H](N)CSCC(=O)NCCC(=O)NC. The van der Waals surface area contributed by atoms with E-state index in [0.29, 0.717) is 38.4 Å². The molecule has 0 rings (SSSR count). The second kappa shape index (κ2) is 15.6. The monoisotopic (exact) mass is 390 g/mol. The number of ether oxygens (including phenoxy) is 1. The van der Waals surface area contributed by atoms with Gasteiger partial charge in [0.1, 0.15) is 5.78 Å². The minimum Gasteiger partial charge on any atom is -0.379 e. The van der Waals surface area contributed by atoms with Crippen LogP contribution >= 0.6 is 11.8 Å². The molecule has 0 saturated heterocycles. The summed E-state index contributed by atoms with van der Waals surface area (Å²) >= 11 is 1.25. The van der Waals surface area contributed by atoms with Crippen LogP contribution in [0, 0.1) is 0 Å². The number of thioether (sulfide) groups is 1. The summed E-state index contributed by atoms with van der Waals surface area (Å²) in [4.78, 5) is 45.4. The van der Waals surface area contributed by atoms with Crippen LogP contribution < -0.4 is 21.7 Å². The predicted octanol–water partition coefficient (Wildman–Crippen LogP) is -1.20. The number of carbonyl (C=O) groups excluding carboxylic acids is 4. The van der Waals surface area contributed by atoms with Crippen molar-refractivity contribution in [2.24, 2.45) is 5.73 Å². The average Bonchev–Trinajstić information content (AvgIpc) is 2.63. The quantitative estimate of drug-likeness (QED) is 0.258. The maximum Gasteiger partial charge on any atom is 0.237 e. The van der Waals surface area contributed by atoms with Gasteiger partial charge in [0.15, 0.2) is 0 Å². The highest BCUT2D eigenvalue weighted by atomic mass is 32.2. The molecule has 0 saturated carbocycles. The van der Waals surface area contributed by atoms with Crippen molar-refractivity contribution >= 4 is 35.3 Å². The summed E-state index contributed by atoms with van der Waals surface area (Å²) in [7, 11) is 1.53. The minimum absolute atomic E-state index is 0.141. The molecule has 0 spiro atoms. The maximum absolute atomic E-state index is 11.8. The van der Waals surface area contributed by atoms with Crippen LogP contribution in [-0.2, 0) is 23.9 Å². The van der Waals surface area contributed by atoms with Gasteiger partial charge in [-0.1, -0.05) is 6.92 Å². The Morgan fingerprint density at radius 3 is 2.42 bits per heavy atom. The summed E-state index contributed by atoms with van der Waals surface area (Å²) in [5.41, 5.74) is 5.76. The van der Waals surface area contributed by atoms with E-state index in [1.54, 1.807) is 6.92 Å². The third-order valence-electron chi connectivity index (χ3n) is 3.29. The normalized spacial score (nSPS) is 11.5. The standard InChI is InChI=1S/C16H30N4O5S/c1-3-12(21)5-8-25-9-7-20-16(24)13(17)10-26-11-15(23)19-6-4-14(22)18-2/h13H,3-11,17H2,1-2H3,(H,18,22)(H,19,23)(H,20,24)/t13-/m0/s1. The number of nitrogens with two attached hydrogens (primary N) is 1. The maximum atomic E-state index is 11.8. The molecule has 5 N–H and O–H groups in total. The van der Waals surface area contributed by atoms with Crippen LogP contribution in [0.25, 0.3) is 0 Å². The van der Waals surface area contributed by atoms with Crippen LogP contribution in [0.1, 0.15) is 26.2 Å². The topological polar surface area (TPSA) is 140 Å². The molecule has 0 aliphatic heterocycles. The predicted molar refractivity (Wildman–Crippen MR) is 101 cm³/mol. The molecular formula is C16H30N4O5S. The first-order chi connectivity index (χ1) is 12.4. The molecule has 0 fully saturated rings. The molecule has 0 bridgehead atoms. The van der Waals surface area contributed by atoms with E-state index >= 15 is 0 Å². The molecule has 0 aliphatic carbocycles. The summed E-state index contributed by atoms with van der Waals surface area (Å²) < 4.78 is 5.25. The first-order valence-corrected chi connectivity index (χ1v) is 9.73. The van der Waals surface area contributed by atoms with E-state index in [1.165, 1.54) is 18.8 Å². The number of hydrogen-bond donors (Lipinski definition) is 4. The van der Waals surface area contributed by atoms with Crippen molar-refractivity contribution in [3.05, 3.63) is 0 Å². The van der Waals surface area contributed by atoms with E-state index in [0.717, 1.165) is 0 Å². The van der Waals surface area contributed by atoms with Gasteiger partial charge in [-0.15, -0.1) is 11.8 Å². The molecule has 9 nitrogen and oxygen atoms in total. The zero-order chi connectivity index (χ0) is 19.8. The molecule has 0 aromatic carbocycles. The zero-order valence-corrected chi connectivity index (χ0v) is 16.3. The van der Waals surface area contributed by atoms with E-state index in [9.17, 15) is 19.2 Å². The number of carbonyl (C=O) groups is 4. The highest BCUT2D eigenvalue weighted by molar-refractivity contribution is 8.00. The second-order valence-electron chi connectivity index (χ2n) is 5.44. The van der Waals surface area contributed by atoms with Crippen molar-refractivity contribution in [2.45, 2.75) is 32.2 Å². The van der Waals surface area contributed by atoms with E-state index in [-0.39, 0.29) is 42.2 Å². The van der Waals surface area contributed by atoms with E-state index < -0.39 is 6.04 Å². The molecule has 0 aromatic rings. The smallest absolute Gasteiger partial charge is 0.237 e. The van der Waals surface area contributed by atoms with E-state index in [2.05, 4.69) is 16.0 Å². The van der Waals surface area contributed by atoms with E-state index in [1.807, 2.05) is 0 Å². The van der Waals surface area contributed by atoms with Gasteiger partial charge in [-0.3, -0.25) is 19.2 Å². The summed E-state index contributed by atoms with van der Waals surface area (Å²) in [5, 5.41) is 7.72. The van der Waals surface area contributed by atoms with Crippen molar-refractivity contribution < 1.29 is 23.9 Å². The fourth-order valence-corrected chi connectivity index (χ4v) is 2.50. The van der Waals surface area contributed by atoms with Crippen LogP contribution in [0.5, 0.6) is 0 Å². The third kappa shape index (κ3) is 13.6. The molecule has 3 amide bonds. The number of hydrogen-bond acceptors (Lipinski definition) is 7. The Morgan fingerprint density at radius 2 is 1.77 bits per heavy atom. The molecule has 150 valence electrons. The Kier molecular flexibility index (Phi) is 14.6. The largest absolute Gasteiger partial charge is 0.379 e. The van der Waals surface area contributed by atoms with Gasteiger partial charge in [0.25, 0.3) is 0 Å². The number of nitrogens with one attached hydrogen (secondary N) is 3. The molecule has 1 atom stereocenters. The summed E-state index contributed by atoms with van der Waals surface area (Å²) in [6, 6.07) is -0.722. The van der Waals surface area contributed by atoms with Gasteiger partial charge in [-0.2, -0.15) is 0 Å². The number of amides is 3. The number of ketones is 1. The van der Waals surface area contributed by atoms with E-state index in [4.69, 9.17) is 10.5 Å². The lowest BCUT2D eigenvalue weighted by atomic mass is 10.2. The Hall–Kier alpha value is -1.65. The van der Waals surface area contributed by atoms with Crippen LogP contribution in [0.2, 0.25) is 0 Å². The lowest BCUT2D eigenvalue weighted by molar-refractivity contribution is -0.123. The van der Waals surface area contributed by atoms with Gasteiger partial charge in [0, 0.05) is 45.2 Å². The lowest BCUT2D eigenvalue weighted by Gasteiger charge is -2.12. The van der Waals surface area contributed by atoms with Gasteiger partial charge < -0.3 is 26.4 Å². The van der Waals surface area contributed by atoms with Crippen LogP contribution in [0.15, 0.2) is 0 Å². The third-order valence-corrected chi connectivity index (χ3v) is 4.35. The Labute approximate surface area is 158 Å². The Bertz CT molecular complexity index is 462. The Balaban J connectivity index is 3.65. The molecule has 0 radical (unpaired) electrons. The fraction of sp³-hybridized carbons (Fsp3) is 0.750. The minimum atomic E-state index is -0.722. The summed E-state index contributed by atoms with van der Waals surface area (Å²) in [5.74, 6) is -0.0419. The van der Waals surface area contributed by atoms with Crippen molar-refractivity contribution in [2.75, 3.05) is 44.9 Å². The van der Waals surface area contributed by atoms with Gasteiger partial charge >= 0.3 is 0 Å². The molecule has 0 unspecified atom stereocenters. The molecule has 0 aromatic heterocycles. The number of Topliss-reactive ketones (excluding diaryl/α,β-unsaturated/α-hetero) is 1. The van der Waals surface area contributed by atoms with Crippen molar-refractivity contribution in [3.63, 3.8) is 0 Å². The molecule has 0 aliphatic rings. The highest BCUT2D eigenvalue weighted by Gasteiger charge is 2.13. The van der Waals surface area contributed by atoms with Crippen LogP contribution in [0.3, 0.4) is 0 Å². The van der Waals surface area contributed by atoms with Gasteiger partial charge in [-0.25, -0.2) is 0 Å².